The monoisotopic (exact) mass is 383 g/mol. The van der Waals surface area contributed by atoms with Crippen LogP contribution in [0.4, 0.5) is 0 Å². The number of amides is 1. The number of nitrogens with zero attached hydrogens (tertiary/aromatic N) is 2. The van der Waals surface area contributed by atoms with Crippen LogP contribution in [0.3, 0.4) is 0 Å². The molecule has 0 atom stereocenters. The smallest absolute Gasteiger partial charge is 0.220 e. The van der Waals surface area contributed by atoms with Gasteiger partial charge in [0.25, 0.3) is 0 Å². The van der Waals surface area contributed by atoms with Gasteiger partial charge in [0.05, 0.1) is 19.3 Å². The predicted molar refractivity (Wildman–Crippen MR) is 105 cm³/mol. The first kappa shape index (κ1) is 18.8. The van der Waals surface area contributed by atoms with E-state index in [0.717, 1.165) is 27.8 Å². The fourth-order valence-electron chi connectivity index (χ4n) is 2.40. The molecule has 0 spiro atoms. The highest BCUT2D eigenvalue weighted by atomic mass is 32.1. The fourth-order valence-corrected chi connectivity index (χ4v) is 3.25. The third kappa shape index (κ3) is 5.79. The average Bonchev–Trinajstić information content (AvgIpc) is 3.20. The molecule has 6 nitrogen and oxygen atoms in total. The topological polar surface area (TPSA) is 73.3 Å². The van der Waals surface area contributed by atoms with Gasteiger partial charge in [0, 0.05) is 29.8 Å². The number of carbonyl (C=O) groups is 1. The average molecular weight is 383 g/mol. The van der Waals surface area contributed by atoms with E-state index in [0.29, 0.717) is 26.0 Å². The van der Waals surface area contributed by atoms with Crippen LogP contribution in [0.15, 0.2) is 54.2 Å². The maximum atomic E-state index is 12.0. The maximum Gasteiger partial charge on any atom is 0.220 e. The molecule has 0 bridgehead atoms. The van der Waals surface area contributed by atoms with E-state index >= 15 is 0 Å². The highest BCUT2D eigenvalue weighted by molar-refractivity contribution is 7.13. The van der Waals surface area contributed by atoms with Crippen LogP contribution in [-0.4, -0.2) is 36.1 Å². The minimum absolute atomic E-state index is 0.00995. The molecule has 0 unspecified atom stereocenters. The van der Waals surface area contributed by atoms with Crippen molar-refractivity contribution < 1.29 is 14.3 Å². The summed E-state index contributed by atoms with van der Waals surface area (Å²) < 4.78 is 10.7. The van der Waals surface area contributed by atoms with Crippen LogP contribution in [0, 0.1) is 0 Å². The minimum Gasteiger partial charge on any atom is -0.497 e. The van der Waals surface area contributed by atoms with E-state index in [4.69, 9.17) is 9.47 Å². The number of pyridine rings is 1. The van der Waals surface area contributed by atoms with Gasteiger partial charge in [0.2, 0.25) is 5.91 Å². The van der Waals surface area contributed by atoms with Crippen LogP contribution in [-0.2, 0) is 11.2 Å². The number of carbonyl (C=O) groups excluding carboxylic acids is 1. The summed E-state index contributed by atoms with van der Waals surface area (Å²) in [5, 5.41) is 5.77. The Hall–Kier alpha value is -2.93. The molecule has 27 heavy (non-hydrogen) atoms. The van der Waals surface area contributed by atoms with Crippen LogP contribution in [0.2, 0.25) is 0 Å². The van der Waals surface area contributed by atoms with Crippen molar-refractivity contribution in [1.29, 1.82) is 0 Å². The zero-order valence-electron chi connectivity index (χ0n) is 15.1. The summed E-state index contributed by atoms with van der Waals surface area (Å²) >= 11 is 1.56. The molecule has 0 saturated heterocycles. The fraction of sp³-hybridized carbons (Fsp3) is 0.250. The summed E-state index contributed by atoms with van der Waals surface area (Å²) in [5.74, 6) is 1.52. The Balaban J connectivity index is 1.35. The number of hydrogen-bond acceptors (Lipinski definition) is 6. The van der Waals surface area contributed by atoms with Gasteiger partial charge in [-0.05, 0) is 42.8 Å². The number of nitrogens with one attached hydrogen (secondary N) is 1. The van der Waals surface area contributed by atoms with Crippen LogP contribution in [0.1, 0.15) is 12.1 Å². The molecule has 2 aromatic heterocycles. The van der Waals surface area contributed by atoms with Crippen molar-refractivity contribution in [1.82, 2.24) is 15.3 Å². The highest BCUT2D eigenvalue weighted by Gasteiger charge is 2.07. The lowest BCUT2D eigenvalue weighted by atomic mass is 10.2. The Labute approximate surface area is 162 Å². The molecule has 1 amide bonds. The summed E-state index contributed by atoms with van der Waals surface area (Å²) in [6, 6.07) is 11.2. The van der Waals surface area contributed by atoms with Crippen molar-refractivity contribution in [2.75, 3.05) is 20.3 Å². The number of hydrogen-bond donors (Lipinski definition) is 1. The van der Waals surface area contributed by atoms with E-state index in [9.17, 15) is 4.79 Å². The molecule has 1 N–H and O–H groups in total. The van der Waals surface area contributed by atoms with Gasteiger partial charge in [-0.1, -0.05) is 0 Å². The number of aromatic nitrogens is 2. The van der Waals surface area contributed by atoms with E-state index < -0.39 is 0 Å². The van der Waals surface area contributed by atoms with Crippen LogP contribution in [0.5, 0.6) is 11.5 Å². The van der Waals surface area contributed by atoms with Crippen LogP contribution < -0.4 is 14.8 Å². The van der Waals surface area contributed by atoms with Gasteiger partial charge >= 0.3 is 0 Å². The Morgan fingerprint density at radius 1 is 1.19 bits per heavy atom. The molecule has 140 valence electrons. The molecule has 1 aromatic carbocycles. The lowest BCUT2D eigenvalue weighted by Crippen LogP contribution is -2.28. The number of thiazole rings is 1. The first-order chi connectivity index (χ1) is 13.2. The van der Waals surface area contributed by atoms with E-state index in [2.05, 4.69) is 15.3 Å². The van der Waals surface area contributed by atoms with E-state index in [1.165, 1.54) is 0 Å². The van der Waals surface area contributed by atoms with Crippen molar-refractivity contribution in [2.24, 2.45) is 0 Å². The van der Waals surface area contributed by atoms with Gasteiger partial charge in [0.1, 0.15) is 23.1 Å². The van der Waals surface area contributed by atoms with Crippen molar-refractivity contribution >= 4 is 17.2 Å². The first-order valence-electron chi connectivity index (χ1n) is 8.63. The summed E-state index contributed by atoms with van der Waals surface area (Å²) in [5.41, 5.74) is 1.91. The summed E-state index contributed by atoms with van der Waals surface area (Å²) in [7, 11) is 1.62. The highest BCUT2D eigenvalue weighted by Crippen LogP contribution is 2.23. The number of benzene rings is 1. The normalized spacial score (nSPS) is 10.4. The van der Waals surface area contributed by atoms with Gasteiger partial charge < -0.3 is 14.8 Å². The molecule has 2 heterocycles. The lowest BCUT2D eigenvalue weighted by molar-refractivity contribution is -0.121. The third-order valence-electron chi connectivity index (χ3n) is 3.82. The first-order valence-corrected chi connectivity index (χ1v) is 9.51. The molecule has 3 rings (SSSR count). The number of ether oxygens (including phenoxy) is 2. The lowest BCUT2D eigenvalue weighted by Gasteiger charge is -2.08. The Bertz CT molecular complexity index is 850. The van der Waals surface area contributed by atoms with Crippen LogP contribution in [0.25, 0.3) is 10.6 Å². The molecule has 0 radical (unpaired) electrons. The SMILES string of the molecule is COc1ccc(OCCNC(=O)CCc2csc(-c3cccnc3)n2)cc1. The van der Waals surface area contributed by atoms with Crippen molar-refractivity contribution in [3.8, 4) is 22.1 Å². The van der Waals surface area contributed by atoms with Gasteiger partial charge in [-0.25, -0.2) is 4.98 Å². The molecule has 7 heteroatoms. The van der Waals surface area contributed by atoms with Gasteiger partial charge in [-0.15, -0.1) is 11.3 Å². The van der Waals surface area contributed by atoms with Gasteiger partial charge in [-0.2, -0.15) is 0 Å². The Kier molecular flexibility index (Phi) is 6.76. The number of aryl methyl sites for hydroxylation is 1. The second-order valence-electron chi connectivity index (χ2n) is 5.76. The van der Waals surface area contributed by atoms with Gasteiger partial charge in [-0.3, -0.25) is 9.78 Å². The predicted octanol–water partition coefficient (Wildman–Crippen LogP) is 3.34. The Morgan fingerprint density at radius 3 is 2.74 bits per heavy atom. The zero-order chi connectivity index (χ0) is 18.9. The largest absolute Gasteiger partial charge is 0.497 e. The second-order valence-corrected chi connectivity index (χ2v) is 6.62. The van der Waals surface area contributed by atoms with E-state index in [-0.39, 0.29) is 5.91 Å². The molecule has 3 aromatic rings. The number of methoxy groups -OCH3 is 1. The van der Waals surface area contributed by atoms with E-state index in [1.807, 2.05) is 41.8 Å². The third-order valence-corrected chi connectivity index (χ3v) is 4.76. The molecule has 0 fully saturated rings. The number of rotatable bonds is 9. The minimum atomic E-state index is -0.00995. The van der Waals surface area contributed by atoms with Crippen molar-refractivity contribution in [2.45, 2.75) is 12.8 Å². The molecular formula is C20H21N3O3S. The molecule has 0 aliphatic carbocycles. The summed E-state index contributed by atoms with van der Waals surface area (Å²) in [6.45, 7) is 0.878. The Morgan fingerprint density at radius 2 is 2.00 bits per heavy atom. The standard InChI is InChI=1S/C20H21N3O3S/c1-25-17-5-7-18(8-6-17)26-12-11-22-19(24)9-4-16-14-27-20(23-16)15-3-2-10-21-13-15/h2-3,5-8,10,13-14H,4,9,11-12H2,1H3,(H,22,24). The van der Waals surface area contributed by atoms with Crippen LogP contribution >= 0.6 is 11.3 Å². The van der Waals surface area contributed by atoms with E-state index in [1.54, 1.807) is 30.8 Å². The molecule has 0 saturated carbocycles. The quantitative estimate of drug-likeness (QED) is 0.574. The van der Waals surface area contributed by atoms with Gasteiger partial charge in [0.15, 0.2) is 0 Å². The summed E-state index contributed by atoms with van der Waals surface area (Å²) in [6.07, 6.45) is 4.54. The molecule has 0 aliphatic rings. The van der Waals surface area contributed by atoms with Crippen molar-refractivity contribution in [3.63, 3.8) is 0 Å². The zero-order valence-corrected chi connectivity index (χ0v) is 15.9. The molecular weight excluding hydrogens is 362 g/mol. The molecule has 0 aliphatic heterocycles. The second kappa shape index (κ2) is 9.68. The maximum absolute atomic E-state index is 12.0. The van der Waals surface area contributed by atoms with Crippen molar-refractivity contribution in [3.05, 3.63) is 59.9 Å². The summed E-state index contributed by atoms with van der Waals surface area (Å²) in [4.78, 5) is 20.6.